The molecule has 3 rings (SSSR count). The van der Waals surface area contributed by atoms with Crippen LogP contribution in [0.3, 0.4) is 0 Å². The minimum Gasteiger partial charge on any atom is -0.487 e. The Morgan fingerprint density at radius 2 is 1.69 bits per heavy atom. The smallest absolute Gasteiger partial charge is 0.269 e. The first-order chi connectivity index (χ1) is 15.4. The van der Waals surface area contributed by atoms with Gasteiger partial charge in [-0.1, -0.05) is 30.3 Å². The van der Waals surface area contributed by atoms with Crippen LogP contribution in [0, 0.1) is 17.3 Å². The molecule has 9 heteroatoms. The lowest BCUT2D eigenvalue weighted by Crippen LogP contribution is -2.17. The lowest BCUT2D eigenvalue weighted by Gasteiger charge is -2.11. The minimum absolute atomic E-state index is 0.0497. The number of nitro groups is 1. The first-order valence-electron chi connectivity index (χ1n) is 9.63. The number of hydrogen-bond donors (Lipinski definition) is 1. The van der Waals surface area contributed by atoms with E-state index in [1.165, 1.54) is 12.1 Å². The topological polar surface area (TPSA) is 93.8 Å². The third-order valence-corrected chi connectivity index (χ3v) is 6.04. The maximum atomic E-state index is 12.0. The highest BCUT2D eigenvalue weighted by Gasteiger charge is 2.10. The maximum Gasteiger partial charge on any atom is 0.269 e. The normalized spacial score (nSPS) is 10.8. The Morgan fingerprint density at radius 1 is 1.03 bits per heavy atom. The Bertz CT molecular complexity index is 1100. The molecule has 0 aliphatic heterocycles. The zero-order valence-electron chi connectivity index (χ0n) is 16.8. The first-order valence-corrected chi connectivity index (χ1v) is 11.8. The van der Waals surface area contributed by atoms with Crippen LogP contribution < -0.4 is 10.2 Å². The Labute approximate surface area is 212 Å². The zero-order valence-corrected chi connectivity index (χ0v) is 21.1. The van der Waals surface area contributed by atoms with Crippen LogP contribution in [0.15, 0.2) is 71.8 Å². The van der Waals surface area contributed by atoms with Gasteiger partial charge in [0.2, 0.25) is 5.91 Å². The maximum absolute atomic E-state index is 12.0. The van der Waals surface area contributed by atoms with E-state index in [0.717, 1.165) is 29.6 Å². The van der Waals surface area contributed by atoms with Crippen molar-refractivity contribution < 1.29 is 14.5 Å². The molecule has 164 valence electrons. The molecule has 0 spiro atoms. The standard InChI is InChI=1S/C23H19I2N3O4/c24-20-12-18(14-26-27-22(29)11-8-16-4-2-1-3-5-16)13-21(25)23(20)32-15-17-6-9-19(10-7-17)28(30)31/h1-7,9-10,12-14H,8,11,15H2,(H,27,29)/b26-14-. The molecule has 0 aliphatic carbocycles. The van der Waals surface area contributed by atoms with Crippen molar-refractivity contribution in [2.75, 3.05) is 0 Å². The van der Waals surface area contributed by atoms with Crippen molar-refractivity contribution in [3.63, 3.8) is 0 Å². The summed E-state index contributed by atoms with van der Waals surface area (Å²) in [6.07, 6.45) is 2.63. The monoisotopic (exact) mass is 655 g/mol. The third-order valence-electron chi connectivity index (χ3n) is 4.44. The van der Waals surface area contributed by atoms with E-state index in [4.69, 9.17) is 4.74 Å². The van der Waals surface area contributed by atoms with Gasteiger partial charge in [0.1, 0.15) is 12.4 Å². The van der Waals surface area contributed by atoms with E-state index in [2.05, 4.69) is 55.7 Å². The Morgan fingerprint density at radius 3 is 2.31 bits per heavy atom. The van der Waals surface area contributed by atoms with Crippen LogP contribution in [0.1, 0.15) is 23.1 Å². The number of carbonyl (C=O) groups is 1. The van der Waals surface area contributed by atoms with Gasteiger partial charge in [-0.15, -0.1) is 0 Å². The SMILES string of the molecule is O=C(CCc1ccccc1)N/N=C\c1cc(I)c(OCc2ccc([N+](=O)[O-])cc2)c(I)c1. The summed E-state index contributed by atoms with van der Waals surface area (Å²) in [5.41, 5.74) is 5.40. The van der Waals surface area contributed by atoms with Gasteiger partial charge in [-0.25, -0.2) is 5.43 Å². The van der Waals surface area contributed by atoms with Crippen LogP contribution in [-0.4, -0.2) is 17.0 Å². The summed E-state index contributed by atoms with van der Waals surface area (Å²) in [5.74, 6) is 0.589. The van der Waals surface area contributed by atoms with Crippen LogP contribution in [-0.2, 0) is 17.8 Å². The van der Waals surface area contributed by atoms with Crippen molar-refractivity contribution in [1.82, 2.24) is 5.43 Å². The molecule has 0 saturated heterocycles. The number of amides is 1. The number of aryl methyl sites for hydroxylation is 1. The number of nitro benzene ring substituents is 1. The van der Waals surface area contributed by atoms with E-state index in [1.807, 2.05) is 42.5 Å². The number of hydrazone groups is 1. The van der Waals surface area contributed by atoms with Crippen LogP contribution in [0.5, 0.6) is 5.75 Å². The van der Waals surface area contributed by atoms with Gasteiger partial charge in [-0.3, -0.25) is 14.9 Å². The molecule has 3 aromatic carbocycles. The molecule has 3 aromatic rings. The van der Waals surface area contributed by atoms with Crippen molar-refractivity contribution in [2.24, 2.45) is 5.10 Å². The molecule has 0 bridgehead atoms. The van der Waals surface area contributed by atoms with E-state index in [9.17, 15) is 14.9 Å². The molecule has 0 fully saturated rings. The second-order valence-corrected chi connectivity index (χ2v) is 9.13. The van der Waals surface area contributed by atoms with Gasteiger partial charge in [0.25, 0.3) is 5.69 Å². The van der Waals surface area contributed by atoms with Gasteiger partial charge in [0.05, 0.1) is 18.3 Å². The molecule has 0 saturated carbocycles. The predicted octanol–water partition coefficient (Wildman–Crippen LogP) is 5.47. The van der Waals surface area contributed by atoms with E-state index in [0.29, 0.717) is 19.4 Å². The molecule has 32 heavy (non-hydrogen) atoms. The summed E-state index contributed by atoms with van der Waals surface area (Å²) < 4.78 is 7.72. The van der Waals surface area contributed by atoms with E-state index in [1.54, 1.807) is 18.3 Å². The Hall–Kier alpha value is -2.54. The van der Waals surface area contributed by atoms with Crippen molar-refractivity contribution in [1.29, 1.82) is 0 Å². The minimum atomic E-state index is -0.428. The summed E-state index contributed by atoms with van der Waals surface area (Å²) in [7, 11) is 0. The number of non-ortho nitro benzene ring substituents is 1. The molecular formula is C23H19I2N3O4. The van der Waals surface area contributed by atoms with Crippen LogP contribution >= 0.6 is 45.2 Å². The third kappa shape index (κ3) is 7.26. The summed E-state index contributed by atoms with van der Waals surface area (Å²) in [6, 6.07) is 19.9. The Kier molecular flexibility index (Phi) is 8.97. The van der Waals surface area contributed by atoms with Crippen LogP contribution in [0.2, 0.25) is 0 Å². The summed E-state index contributed by atoms with van der Waals surface area (Å²) >= 11 is 4.37. The molecule has 0 atom stereocenters. The fraction of sp³-hybridized carbons (Fsp3) is 0.130. The number of halogens is 2. The molecule has 0 heterocycles. The predicted molar refractivity (Wildman–Crippen MR) is 140 cm³/mol. The largest absolute Gasteiger partial charge is 0.487 e. The Balaban J connectivity index is 1.54. The van der Waals surface area contributed by atoms with Crippen molar-refractivity contribution in [3.05, 3.63) is 101 Å². The molecule has 1 N–H and O–H groups in total. The number of benzene rings is 3. The van der Waals surface area contributed by atoms with Gasteiger partial charge >= 0.3 is 0 Å². The lowest BCUT2D eigenvalue weighted by molar-refractivity contribution is -0.384. The molecular weight excluding hydrogens is 636 g/mol. The van der Waals surface area contributed by atoms with Gasteiger partial charge in [-0.05, 0) is 92.6 Å². The number of ether oxygens (including phenoxy) is 1. The van der Waals surface area contributed by atoms with E-state index < -0.39 is 4.92 Å². The fourth-order valence-electron chi connectivity index (χ4n) is 2.80. The van der Waals surface area contributed by atoms with Gasteiger partial charge in [0.15, 0.2) is 0 Å². The van der Waals surface area contributed by atoms with Crippen molar-refractivity contribution >= 4 is 63.0 Å². The average Bonchev–Trinajstić information content (AvgIpc) is 2.78. The highest BCUT2D eigenvalue weighted by molar-refractivity contribution is 14.1. The molecule has 7 nitrogen and oxygen atoms in total. The highest BCUT2D eigenvalue weighted by atomic mass is 127. The second kappa shape index (κ2) is 11.9. The molecule has 0 aromatic heterocycles. The quantitative estimate of drug-likeness (QED) is 0.143. The lowest BCUT2D eigenvalue weighted by atomic mass is 10.1. The van der Waals surface area contributed by atoms with E-state index in [-0.39, 0.29) is 11.6 Å². The zero-order chi connectivity index (χ0) is 22.9. The fourth-order valence-corrected chi connectivity index (χ4v) is 4.93. The van der Waals surface area contributed by atoms with E-state index >= 15 is 0 Å². The number of rotatable bonds is 9. The van der Waals surface area contributed by atoms with Crippen LogP contribution in [0.4, 0.5) is 5.69 Å². The number of carbonyl (C=O) groups excluding carboxylic acids is 1. The van der Waals surface area contributed by atoms with Crippen molar-refractivity contribution in [2.45, 2.75) is 19.4 Å². The molecule has 0 unspecified atom stereocenters. The van der Waals surface area contributed by atoms with Crippen molar-refractivity contribution in [3.8, 4) is 5.75 Å². The molecule has 0 radical (unpaired) electrons. The highest BCUT2D eigenvalue weighted by Crippen LogP contribution is 2.29. The number of nitrogens with zero attached hydrogens (tertiary/aromatic N) is 2. The summed E-state index contributed by atoms with van der Waals surface area (Å²) in [5, 5.41) is 14.8. The first kappa shape index (κ1) is 24.1. The number of nitrogens with one attached hydrogen (secondary N) is 1. The average molecular weight is 655 g/mol. The second-order valence-electron chi connectivity index (χ2n) is 6.80. The van der Waals surface area contributed by atoms with Gasteiger partial charge in [-0.2, -0.15) is 5.10 Å². The molecule has 0 aliphatic rings. The summed E-state index contributed by atoms with van der Waals surface area (Å²) in [4.78, 5) is 22.3. The number of hydrogen-bond acceptors (Lipinski definition) is 5. The van der Waals surface area contributed by atoms with Crippen LogP contribution in [0.25, 0.3) is 0 Å². The van der Waals surface area contributed by atoms with Gasteiger partial charge in [0, 0.05) is 18.6 Å². The van der Waals surface area contributed by atoms with Gasteiger partial charge < -0.3 is 4.74 Å². The summed E-state index contributed by atoms with van der Waals surface area (Å²) in [6.45, 7) is 0.301. The molecule has 1 amide bonds.